The van der Waals surface area contributed by atoms with E-state index in [4.69, 9.17) is 14.6 Å². The standard InChI is InChI=1S/C15H17NO5/c1-16(14(17)10-3-4-11(10)15(18)19)7-9-2-5-12-13(6-9)21-8-20-12/h2,5-6,10-11H,3-4,7-8H2,1H3,(H,18,19). The van der Waals surface area contributed by atoms with Gasteiger partial charge in [-0.05, 0) is 30.5 Å². The summed E-state index contributed by atoms with van der Waals surface area (Å²) in [6.07, 6.45) is 1.24. The van der Waals surface area contributed by atoms with Crippen LogP contribution < -0.4 is 9.47 Å². The zero-order chi connectivity index (χ0) is 15.0. The number of rotatable bonds is 4. The van der Waals surface area contributed by atoms with E-state index >= 15 is 0 Å². The minimum atomic E-state index is -0.879. The molecule has 1 heterocycles. The van der Waals surface area contributed by atoms with Gasteiger partial charge in [0.25, 0.3) is 0 Å². The van der Waals surface area contributed by atoms with Crippen LogP contribution in [0.25, 0.3) is 0 Å². The predicted molar refractivity (Wildman–Crippen MR) is 72.9 cm³/mol. The lowest BCUT2D eigenvalue weighted by Crippen LogP contribution is -2.44. The molecule has 2 aliphatic rings. The maximum Gasteiger partial charge on any atom is 0.307 e. The Kier molecular flexibility index (Phi) is 3.45. The molecule has 0 spiro atoms. The van der Waals surface area contributed by atoms with Crippen LogP contribution in [0.15, 0.2) is 18.2 Å². The molecule has 3 rings (SSSR count). The first-order valence-electron chi connectivity index (χ1n) is 6.92. The van der Waals surface area contributed by atoms with Crippen molar-refractivity contribution < 1.29 is 24.2 Å². The molecule has 2 unspecified atom stereocenters. The Hall–Kier alpha value is -2.24. The second-order valence-corrected chi connectivity index (χ2v) is 5.51. The van der Waals surface area contributed by atoms with Crippen molar-refractivity contribution in [2.75, 3.05) is 13.8 Å². The highest BCUT2D eigenvalue weighted by Gasteiger charge is 2.42. The van der Waals surface area contributed by atoms with Crippen molar-refractivity contribution in [3.8, 4) is 11.5 Å². The van der Waals surface area contributed by atoms with E-state index in [1.807, 2.05) is 18.2 Å². The van der Waals surface area contributed by atoms with Crippen LogP contribution in [0, 0.1) is 11.8 Å². The summed E-state index contributed by atoms with van der Waals surface area (Å²) in [7, 11) is 1.70. The number of carbonyl (C=O) groups is 2. The quantitative estimate of drug-likeness (QED) is 0.909. The highest BCUT2D eigenvalue weighted by atomic mass is 16.7. The molecule has 0 saturated heterocycles. The molecule has 0 bridgehead atoms. The van der Waals surface area contributed by atoms with Crippen LogP contribution in [0.1, 0.15) is 18.4 Å². The lowest BCUT2D eigenvalue weighted by Gasteiger charge is -2.35. The van der Waals surface area contributed by atoms with E-state index in [2.05, 4.69) is 0 Å². The monoisotopic (exact) mass is 291 g/mol. The van der Waals surface area contributed by atoms with Crippen LogP contribution in [0.5, 0.6) is 11.5 Å². The van der Waals surface area contributed by atoms with Gasteiger partial charge in [0, 0.05) is 13.6 Å². The van der Waals surface area contributed by atoms with E-state index in [0.29, 0.717) is 30.9 Å². The molecule has 21 heavy (non-hydrogen) atoms. The molecule has 1 aromatic carbocycles. The van der Waals surface area contributed by atoms with Crippen LogP contribution >= 0.6 is 0 Å². The van der Waals surface area contributed by atoms with Gasteiger partial charge in [-0.3, -0.25) is 9.59 Å². The average molecular weight is 291 g/mol. The average Bonchev–Trinajstić information content (AvgIpc) is 2.83. The number of hydrogen-bond acceptors (Lipinski definition) is 4. The van der Waals surface area contributed by atoms with Gasteiger partial charge < -0.3 is 19.5 Å². The van der Waals surface area contributed by atoms with Crippen LogP contribution in [0.3, 0.4) is 0 Å². The van der Waals surface area contributed by atoms with E-state index in [1.54, 1.807) is 11.9 Å². The highest BCUT2D eigenvalue weighted by molar-refractivity contribution is 5.86. The van der Waals surface area contributed by atoms with E-state index in [1.165, 1.54) is 0 Å². The first-order chi connectivity index (χ1) is 10.1. The smallest absolute Gasteiger partial charge is 0.307 e. The van der Waals surface area contributed by atoms with Gasteiger partial charge in [-0.1, -0.05) is 6.07 Å². The van der Waals surface area contributed by atoms with Gasteiger partial charge in [-0.25, -0.2) is 0 Å². The maximum atomic E-state index is 12.3. The molecule has 1 aliphatic carbocycles. The van der Waals surface area contributed by atoms with Crippen molar-refractivity contribution in [1.82, 2.24) is 4.90 Å². The van der Waals surface area contributed by atoms with Crippen LogP contribution in [0.2, 0.25) is 0 Å². The Morgan fingerprint density at radius 2 is 1.95 bits per heavy atom. The van der Waals surface area contributed by atoms with Crippen molar-refractivity contribution in [3.05, 3.63) is 23.8 Å². The normalized spacial score (nSPS) is 22.5. The maximum absolute atomic E-state index is 12.3. The Labute approximate surface area is 122 Å². The summed E-state index contributed by atoms with van der Waals surface area (Å²) in [6, 6.07) is 5.55. The molecule has 1 saturated carbocycles. The third kappa shape index (κ3) is 2.53. The number of nitrogens with zero attached hydrogens (tertiary/aromatic N) is 1. The van der Waals surface area contributed by atoms with E-state index in [-0.39, 0.29) is 18.6 Å². The zero-order valence-electron chi connectivity index (χ0n) is 11.7. The largest absolute Gasteiger partial charge is 0.481 e. The number of ether oxygens (including phenoxy) is 2. The second kappa shape index (κ2) is 5.27. The molecule has 112 valence electrons. The van der Waals surface area contributed by atoms with Gasteiger partial charge in [0.1, 0.15) is 0 Å². The molecule has 1 amide bonds. The molecule has 1 fully saturated rings. The van der Waals surface area contributed by atoms with Gasteiger partial charge in [0.15, 0.2) is 11.5 Å². The lowest BCUT2D eigenvalue weighted by molar-refractivity contribution is -0.156. The second-order valence-electron chi connectivity index (χ2n) is 5.51. The Bertz CT molecular complexity index is 585. The first kappa shape index (κ1) is 13.7. The Morgan fingerprint density at radius 1 is 1.24 bits per heavy atom. The molecule has 6 heteroatoms. The molecule has 1 N–H and O–H groups in total. The summed E-state index contributed by atoms with van der Waals surface area (Å²) in [5, 5.41) is 9.03. The van der Waals surface area contributed by atoms with Gasteiger partial charge >= 0.3 is 5.97 Å². The van der Waals surface area contributed by atoms with Crippen molar-refractivity contribution >= 4 is 11.9 Å². The van der Waals surface area contributed by atoms with E-state index in [0.717, 1.165) is 5.56 Å². The number of amides is 1. The summed E-state index contributed by atoms with van der Waals surface area (Å²) < 4.78 is 10.5. The summed E-state index contributed by atoms with van der Waals surface area (Å²) in [5.41, 5.74) is 0.932. The number of fused-ring (bicyclic) bond motifs is 1. The molecule has 1 aromatic rings. The SMILES string of the molecule is CN(Cc1ccc2c(c1)OCO2)C(=O)C1CCC1C(=O)O. The molecule has 0 aromatic heterocycles. The van der Waals surface area contributed by atoms with E-state index in [9.17, 15) is 9.59 Å². The third-order valence-electron chi connectivity index (χ3n) is 4.14. The molecular formula is C15H17NO5. The van der Waals surface area contributed by atoms with Crippen molar-refractivity contribution in [2.45, 2.75) is 19.4 Å². The van der Waals surface area contributed by atoms with E-state index < -0.39 is 11.9 Å². The molecule has 1 aliphatic heterocycles. The van der Waals surface area contributed by atoms with Crippen LogP contribution in [-0.2, 0) is 16.1 Å². The van der Waals surface area contributed by atoms with Crippen molar-refractivity contribution in [1.29, 1.82) is 0 Å². The fourth-order valence-corrected chi connectivity index (χ4v) is 2.77. The van der Waals surface area contributed by atoms with Gasteiger partial charge in [0.05, 0.1) is 11.8 Å². The lowest BCUT2D eigenvalue weighted by atomic mass is 9.73. The molecule has 6 nitrogen and oxygen atoms in total. The molecular weight excluding hydrogens is 274 g/mol. The molecule has 2 atom stereocenters. The van der Waals surface area contributed by atoms with Crippen LogP contribution in [0.4, 0.5) is 0 Å². The number of carbonyl (C=O) groups excluding carboxylic acids is 1. The summed E-state index contributed by atoms with van der Waals surface area (Å²) >= 11 is 0. The van der Waals surface area contributed by atoms with Crippen molar-refractivity contribution in [2.24, 2.45) is 11.8 Å². The Balaban J connectivity index is 1.65. The minimum absolute atomic E-state index is 0.105. The zero-order valence-corrected chi connectivity index (χ0v) is 11.7. The number of carboxylic acids is 1. The fraction of sp³-hybridized carbons (Fsp3) is 0.467. The predicted octanol–water partition coefficient (Wildman–Crippen LogP) is 1.48. The summed E-state index contributed by atoms with van der Waals surface area (Å²) in [4.78, 5) is 24.9. The number of benzene rings is 1. The topological polar surface area (TPSA) is 76.1 Å². The van der Waals surface area contributed by atoms with Crippen LogP contribution in [-0.4, -0.2) is 35.7 Å². The highest BCUT2D eigenvalue weighted by Crippen LogP contribution is 2.36. The summed E-state index contributed by atoms with van der Waals surface area (Å²) in [6.45, 7) is 0.647. The Morgan fingerprint density at radius 3 is 2.62 bits per heavy atom. The summed E-state index contributed by atoms with van der Waals surface area (Å²) in [5.74, 6) is -0.515. The molecule has 0 radical (unpaired) electrons. The minimum Gasteiger partial charge on any atom is -0.481 e. The fourth-order valence-electron chi connectivity index (χ4n) is 2.77. The number of aliphatic carboxylic acids is 1. The van der Waals surface area contributed by atoms with Gasteiger partial charge in [0.2, 0.25) is 12.7 Å². The van der Waals surface area contributed by atoms with Crippen molar-refractivity contribution in [3.63, 3.8) is 0 Å². The number of hydrogen-bond donors (Lipinski definition) is 1. The first-order valence-corrected chi connectivity index (χ1v) is 6.92. The number of carboxylic acid groups (broad SMARTS) is 1. The van der Waals surface area contributed by atoms with Gasteiger partial charge in [-0.2, -0.15) is 0 Å². The van der Waals surface area contributed by atoms with Gasteiger partial charge in [-0.15, -0.1) is 0 Å². The third-order valence-corrected chi connectivity index (χ3v) is 4.14.